The van der Waals surface area contributed by atoms with E-state index in [1.54, 1.807) is 12.1 Å². The number of benzene rings is 1. The van der Waals surface area contributed by atoms with E-state index in [4.69, 9.17) is 14.7 Å². The summed E-state index contributed by atoms with van der Waals surface area (Å²) < 4.78 is 4.82. The standard InChI is InChI=1S/C28H20N4O2/c1-34-28(33)18-4-2-17(3-5-18)26-15-25-14-23-9-8-21(30-23)12-19-6-7-20(29-19)13-22-10-11-24(31-22)16-27(26)32-25/h2-16,29,32H,1H3. The van der Waals surface area contributed by atoms with Gasteiger partial charge in [0.25, 0.3) is 0 Å². The molecule has 34 heavy (non-hydrogen) atoms. The first kappa shape index (κ1) is 19.9. The van der Waals surface area contributed by atoms with Gasteiger partial charge in [0, 0.05) is 27.6 Å². The molecule has 2 aliphatic rings. The number of aromatic nitrogens is 4. The molecule has 0 atom stereocenters. The molecule has 4 aromatic rings. The minimum atomic E-state index is -0.354. The molecule has 0 amide bonds. The van der Waals surface area contributed by atoms with Gasteiger partial charge in [-0.1, -0.05) is 12.1 Å². The highest BCUT2D eigenvalue weighted by atomic mass is 16.5. The summed E-state index contributed by atoms with van der Waals surface area (Å²) in [5.41, 5.74) is 9.80. The molecule has 1 aromatic carbocycles. The third-order valence-electron chi connectivity index (χ3n) is 5.79. The maximum atomic E-state index is 11.8. The van der Waals surface area contributed by atoms with Crippen molar-refractivity contribution in [2.24, 2.45) is 0 Å². The number of nitrogens with one attached hydrogen (secondary N) is 2. The van der Waals surface area contributed by atoms with E-state index in [2.05, 4.69) is 16.0 Å². The van der Waals surface area contributed by atoms with Crippen molar-refractivity contribution in [2.45, 2.75) is 0 Å². The van der Waals surface area contributed by atoms with Crippen molar-refractivity contribution in [1.29, 1.82) is 0 Å². The van der Waals surface area contributed by atoms with E-state index < -0.39 is 0 Å². The molecular weight excluding hydrogens is 424 g/mol. The summed E-state index contributed by atoms with van der Waals surface area (Å²) in [5.74, 6) is -0.354. The van der Waals surface area contributed by atoms with Crippen LogP contribution in [0, 0.1) is 0 Å². The number of aromatic amines is 2. The number of esters is 1. The molecule has 2 aliphatic heterocycles. The predicted octanol–water partition coefficient (Wildman–Crippen LogP) is 6.11. The summed E-state index contributed by atoms with van der Waals surface area (Å²) in [5, 5.41) is 0. The first-order valence-electron chi connectivity index (χ1n) is 10.9. The second-order valence-electron chi connectivity index (χ2n) is 8.16. The summed E-state index contributed by atoms with van der Waals surface area (Å²) in [6.07, 6.45) is 8.00. The maximum absolute atomic E-state index is 11.8. The van der Waals surface area contributed by atoms with Gasteiger partial charge in [-0.05, 0) is 84.5 Å². The van der Waals surface area contributed by atoms with Crippen LogP contribution in [0.5, 0.6) is 0 Å². The van der Waals surface area contributed by atoms with Crippen molar-refractivity contribution in [1.82, 2.24) is 19.9 Å². The largest absolute Gasteiger partial charge is 0.465 e. The highest BCUT2D eigenvalue weighted by Crippen LogP contribution is 2.28. The van der Waals surface area contributed by atoms with Crippen LogP contribution in [0.1, 0.15) is 33.1 Å². The Balaban J connectivity index is 1.59. The summed E-state index contributed by atoms with van der Waals surface area (Å²) in [6.45, 7) is 0. The maximum Gasteiger partial charge on any atom is 0.337 e. The summed E-state index contributed by atoms with van der Waals surface area (Å²) >= 11 is 0. The van der Waals surface area contributed by atoms with E-state index >= 15 is 0 Å². The Morgan fingerprint density at radius 3 is 1.82 bits per heavy atom. The van der Waals surface area contributed by atoms with Gasteiger partial charge in [-0.15, -0.1) is 0 Å². The molecule has 0 saturated carbocycles. The summed E-state index contributed by atoms with van der Waals surface area (Å²) in [4.78, 5) is 28.2. The molecule has 0 saturated heterocycles. The third kappa shape index (κ3) is 3.82. The molecule has 0 spiro atoms. The second-order valence-corrected chi connectivity index (χ2v) is 8.16. The number of carbonyl (C=O) groups excluding carboxylic acids is 1. The number of methoxy groups -OCH3 is 1. The van der Waals surface area contributed by atoms with Crippen LogP contribution in [-0.2, 0) is 4.74 Å². The number of fused-ring (bicyclic) bond motifs is 8. The lowest BCUT2D eigenvalue weighted by Gasteiger charge is -2.02. The zero-order valence-electron chi connectivity index (χ0n) is 18.4. The SMILES string of the molecule is COC(=O)c1ccc(-c2cc3cc4nc(cc5ccc(cc6nc(cc2[nH]3)C=C6)[nH]5)C=C4)cc1. The lowest BCUT2D eigenvalue weighted by molar-refractivity contribution is 0.0601. The minimum absolute atomic E-state index is 0.354. The first-order chi connectivity index (χ1) is 16.6. The lowest BCUT2D eigenvalue weighted by Crippen LogP contribution is -2.00. The fraction of sp³-hybridized carbons (Fsp3) is 0.0357. The number of rotatable bonds is 2. The van der Waals surface area contributed by atoms with E-state index in [1.165, 1.54) is 7.11 Å². The van der Waals surface area contributed by atoms with Gasteiger partial charge in [0.15, 0.2) is 0 Å². The van der Waals surface area contributed by atoms with Crippen molar-refractivity contribution in [3.63, 3.8) is 0 Å². The topological polar surface area (TPSA) is 83.7 Å². The molecule has 0 radical (unpaired) electrons. The minimum Gasteiger partial charge on any atom is -0.465 e. The molecule has 6 heteroatoms. The molecule has 164 valence electrons. The van der Waals surface area contributed by atoms with Crippen LogP contribution >= 0.6 is 0 Å². The quantitative estimate of drug-likeness (QED) is 0.316. The van der Waals surface area contributed by atoms with Gasteiger partial charge >= 0.3 is 5.97 Å². The smallest absolute Gasteiger partial charge is 0.337 e. The van der Waals surface area contributed by atoms with Crippen LogP contribution in [0.25, 0.3) is 57.5 Å². The molecule has 5 heterocycles. The number of H-pyrrole nitrogens is 2. The van der Waals surface area contributed by atoms with E-state index in [0.717, 1.165) is 56.0 Å². The van der Waals surface area contributed by atoms with Crippen LogP contribution in [-0.4, -0.2) is 33.0 Å². The van der Waals surface area contributed by atoms with Gasteiger partial charge in [-0.25, -0.2) is 14.8 Å². The zero-order chi connectivity index (χ0) is 23.1. The Morgan fingerprint density at radius 1 is 0.676 bits per heavy atom. The van der Waals surface area contributed by atoms with Gasteiger partial charge < -0.3 is 14.7 Å². The normalized spacial score (nSPS) is 12.1. The number of carbonyl (C=O) groups is 1. The Bertz CT molecular complexity index is 1650. The van der Waals surface area contributed by atoms with Crippen LogP contribution in [0.4, 0.5) is 0 Å². The lowest BCUT2D eigenvalue weighted by atomic mass is 10.0. The highest BCUT2D eigenvalue weighted by molar-refractivity contribution is 5.92. The van der Waals surface area contributed by atoms with Crippen molar-refractivity contribution in [2.75, 3.05) is 7.11 Å². The number of hydrogen-bond acceptors (Lipinski definition) is 4. The van der Waals surface area contributed by atoms with Crippen molar-refractivity contribution in [3.05, 3.63) is 95.1 Å². The molecule has 8 bridgehead atoms. The average molecular weight is 444 g/mol. The molecule has 3 aromatic heterocycles. The van der Waals surface area contributed by atoms with Crippen molar-refractivity contribution < 1.29 is 9.53 Å². The number of hydrogen-bond donors (Lipinski definition) is 2. The average Bonchev–Trinajstić information content (AvgIpc) is 3.64. The summed E-state index contributed by atoms with van der Waals surface area (Å²) in [7, 11) is 1.38. The van der Waals surface area contributed by atoms with Crippen LogP contribution in [0.15, 0.2) is 66.7 Å². The molecule has 0 fully saturated rings. The molecular formula is C28H20N4O2. The van der Waals surface area contributed by atoms with Crippen LogP contribution in [0.3, 0.4) is 0 Å². The van der Waals surface area contributed by atoms with E-state index in [1.807, 2.05) is 72.8 Å². The van der Waals surface area contributed by atoms with Gasteiger partial charge in [0.1, 0.15) is 0 Å². The van der Waals surface area contributed by atoms with E-state index in [-0.39, 0.29) is 5.97 Å². The zero-order valence-corrected chi connectivity index (χ0v) is 18.4. The predicted molar refractivity (Wildman–Crippen MR) is 136 cm³/mol. The Labute approximate surface area is 195 Å². The fourth-order valence-electron chi connectivity index (χ4n) is 4.16. The fourth-order valence-corrected chi connectivity index (χ4v) is 4.16. The van der Waals surface area contributed by atoms with Crippen LogP contribution in [0.2, 0.25) is 0 Å². The molecule has 6 rings (SSSR count). The van der Waals surface area contributed by atoms with Crippen molar-refractivity contribution >= 4 is 52.3 Å². The van der Waals surface area contributed by atoms with Gasteiger partial charge in [0.2, 0.25) is 0 Å². The summed E-state index contributed by atoms with van der Waals surface area (Å²) in [6, 6.07) is 21.6. The molecule has 0 unspecified atom stereocenters. The highest BCUT2D eigenvalue weighted by Gasteiger charge is 2.09. The van der Waals surface area contributed by atoms with Crippen molar-refractivity contribution in [3.8, 4) is 11.1 Å². The van der Waals surface area contributed by atoms with Gasteiger partial charge in [-0.3, -0.25) is 0 Å². The molecule has 0 aliphatic carbocycles. The number of ether oxygens (including phenoxy) is 1. The number of nitrogens with zero attached hydrogens (tertiary/aromatic N) is 2. The van der Waals surface area contributed by atoms with Gasteiger partial charge in [-0.2, -0.15) is 0 Å². The Hall–Kier alpha value is -4.71. The first-order valence-corrected chi connectivity index (χ1v) is 10.9. The monoisotopic (exact) mass is 444 g/mol. The molecule has 6 nitrogen and oxygen atoms in total. The van der Waals surface area contributed by atoms with E-state index in [0.29, 0.717) is 5.56 Å². The third-order valence-corrected chi connectivity index (χ3v) is 5.79. The van der Waals surface area contributed by atoms with Gasteiger partial charge in [0.05, 0.1) is 35.4 Å². The Morgan fingerprint density at radius 2 is 1.24 bits per heavy atom. The molecule has 2 N–H and O–H groups in total. The van der Waals surface area contributed by atoms with E-state index in [9.17, 15) is 4.79 Å². The second kappa shape index (κ2) is 8.01. The Kier molecular flexibility index (Phi) is 4.70. The van der Waals surface area contributed by atoms with Crippen LogP contribution < -0.4 is 0 Å².